The lowest BCUT2D eigenvalue weighted by Crippen LogP contribution is -2.30. The summed E-state index contributed by atoms with van der Waals surface area (Å²) in [6, 6.07) is 7.55. The maximum Gasteiger partial charge on any atom is 0.249 e. The minimum absolute atomic E-state index is 0.130. The van der Waals surface area contributed by atoms with Gasteiger partial charge >= 0.3 is 0 Å². The van der Waals surface area contributed by atoms with E-state index in [1.54, 1.807) is 6.92 Å². The van der Waals surface area contributed by atoms with Crippen molar-refractivity contribution in [2.75, 3.05) is 0 Å². The van der Waals surface area contributed by atoms with E-state index in [0.29, 0.717) is 12.1 Å². The van der Waals surface area contributed by atoms with Gasteiger partial charge in [0.15, 0.2) is 0 Å². The molecular weight excluding hydrogens is 323 g/mol. The molecule has 1 fully saturated rings. The highest BCUT2D eigenvalue weighted by Crippen LogP contribution is 2.63. The zero-order valence-electron chi connectivity index (χ0n) is 13.1. The Balaban J connectivity index is 1.99. The van der Waals surface area contributed by atoms with Crippen LogP contribution in [-0.4, -0.2) is 22.1 Å². The van der Waals surface area contributed by atoms with Gasteiger partial charge in [-0.2, -0.15) is 5.10 Å². The van der Waals surface area contributed by atoms with Crippen molar-refractivity contribution in [2.24, 2.45) is 10.5 Å². The Morgan fingerprint density at radius 1 is 1.32 bits per heavy atom. The van der Waals surface area contributed by atoms with Crippen LogP contribution >= 0.6 is 23.2 Å². The average Bonchev–Trinajstić information content (AvgIpc) is 2.96. The number of alkyl halides is 2. The molecule has 4 nitrogen and oxygen atoms in total. The fourth-order valence-electron chi connectivity index (χ4n) is 2.02. The first-order valence-corrected chi connectivity index (χ1v) is 7.91. The van der Waals surface area contributed by atoms with Gasteiger partial charge in [-0.15, -0.1) is 23.2 Å². The van der Waals surface area contributed by atoms with Crippen molar-refractivity contribution in [3.05, 3.63) is 29.8 Å². The smallest absolute Gasteiger partial charge is 0.249 e. The molecule has 0 aromatic heterocycles. The van der Waals surface area contributed by atoms with Gasteiger partial charge in [0.2, 0.25) is 5.91 Å². The van der Waals surface area contributed by atoms with E-state index in [0.717, 1.165) is 11.3 Å². The molecule has 1 aliphatic rings. The molecule has 120 valence electrons. The summed E-state index contributed by atoms with van der Waals surface area (Å²) in [5.74, 6) is 0.534. The van der Waals surface area contributed by atoms with Gasteiger partial charge < -0.3 is 4.74 Å². The lowest BCUT2D eigenvalue weighted by atomic mass is 10.1. The van der Waals surface area contributed by atoms with E-state index in [4.69, 9.17) is 27.9 Å². The zero-order valence-corrected chi connectivity index (χ0v) is 14.6. The molecule has 1 atom stereocenters. The van der Waals surface area contributed by atoms with E-state index in [1.165, 1.54) is 0 Å². The van der Waals surface area contributed by atoms with E-state index in [2.05, 4.69) is 10.5 Å². The van der Waals surface area contributed by atoms with Gasteiger partial charge in [-0.3, -0.25) is 4.79 Å². The molecule has 1 N–H and O–H groups in total. The maximum atomic E-state index is 12.0. The minimum atomic E-state index is -0.990. The van der Waals surface area contributed by atoms with Crippen LogP contribution in [0.1, 0.15) is 39.7 Å². The monoisotopic (exact) mass is 342 g/mol. The van der Waals surface area contributed by atoms with Crippen LogP contribution in [0.3, 0.4) is 0 Å². The number of nitrogens with one attached hydrogen (secondary N) is 1. The number of carbonyl (C=O) groups is 1. The third kappa shape index (κ3) is 3.55. The fourth-order valence-corrected chi connectivity index (χ4v) is 2.72. The fraction of sp³-hybridized carbons (Fsp3) is 0.500. The van der Waals surface area contributed by atoms with E-state index < -0.39 is 9.75 Å². The van der Waals surface area contributed by atoms with Gasteiger partial charge in [0.25, 0.3) is 0 Å². The molecule has 22 heavy (non-hydrogen) atoms. The van der Waals surface area contributed by atoms with Crippen molar-refractivity contribution >= 4 is 34.8 Å². The summed E-state index contributed by atoms with van der Waals surface area (Å²) in [5, 5.41) is 4.12. The van der Waals surface area contributed by atoms with Crippen LogP contribution < -0.4 is 10.2 Å². The predicted molar refractivity (Wildman–Crippen MR) is 89.7 cm³/mol. The molecule has 1 saturated carbocycles. The predicted octanol–water partition coefficient (Wildman–Crippen LogP) is 3.90. The quantitative estimate of drug-likeness (QED) is 0.501. The normalized spacial score (nSPS) is 23.3. The van der Waals surface area contributed by atoms with Gasteiger partial charge in [0.05, 0.1) is 17.2 Å². The summed E-state index contributed by atoms with van der Waals surface area (Å²) in [4.78, 5) is 12.0. The molecule has 0 unspecified atom stereocenters. The first-order valence-electron chi connectivity index (χ1n) is 7.15. The summed E-state index contributed by atoms with van der Waals surface area (Å²) in [6.45, 7) is 7.50. The Kier molecular flexibility index (Phi) is 4.73. The Morgan fingerprint density at radius 3 is 2.32 bits per heavy atom. The average molecular weight is 343 g/mol. The van der Waals surface area contributed by atoms with Gasteiger partial charge in [0, 0.05) is 0 Å². The lowest BCUT2D eigenvalue weighted by molar-refractivity contribution is -0.125. The lowest BCUT2D eigenvalue weighted by Gasteiger charge is -2.11. The highest BCUT2D eigenvalue weighted by atomic mass is 35.5. The van der Waals surface area contributed by atoms with Crippen molar-refractivity contribution in [3.63, 3.8) is 0 Å². The zero-order chi connectivity index (χ0) is 16.5. The van der Waals surface area contributed by atoms with Crippen molar-refractivity contribution in [1.82, 2.24) is 5.43 Å². The Hall–Kier alpha value is -1.26. The second kappa shape index (κ2) is 6.09. The summed E-state index contributed by atoms with van der Waals surface area (Å²) in [5.41, 5.74) is 3.37. The number of halogens is 2. The van der Waals surface area contributed by atoms with Crippen molar-refractivity contribution in [3.8, 4) is 5.75 Å². The third-order valence-electron chi connectivity index (χ3n) is 3.73. The number of benzene rings is 1. The molecule has 1 aromatic carbocycles. The molecule has 0 saturated heterocycles. The molecule has 1 amide bonds. The van der Waals surface area contributed by atoms with Gasteiger partial charge in [-0.05, 0) is 63.9 Å². The van der Waals surface area contributed by atoms with E-state index in [-0.39, 0.29) is 12.0 Å². The van der Waals surface area contributed by atoms with E-state index in [1.807, 2.05) is 45.0 Å². The number of hydrogen-bond acceptors (Lipinski definition) is 3. The molecule has 0 spiro atoms. The number of nitrogens with zero attached hydrogens (tertiary/aromatic N) is 1. The van der Waals surface area contributed by atoms with Crippen molar-refractivity contribution < 1.29 is 9.53 Å². The van der Waals surface area contributed by atoms with Crippen LogP contribution in [0.4, 0.5) is 0 Å². The standard InChI is InChI=1S/C16H20Cl2N2O2/c1-10(2)22-13-7-5-12(6-8-13)11(3)19-20-14(21)15(4)9-16(15,17)18/h5-8,10H,9H2,1-4H3,(H,20,21)/b19-11-/t15-/m1/s1. The Morgan fingerprint density at radius 2 is 1.86 bits per heavy atom. The molecule has 1 aromatic rings. The number of ether oxygens (including phenoxy) is 1. The first kappa shape index (κ1) is 17.1. The maximum absolute atomic E-state index is 12.0. The molecule has 2 rings (SSSR count). The second-order valence-electron chi connectivity index (χ2n) is 6.04. The van der Waals surface area contributed by atoms with Gasteiger partial charge in [0.1, 0.15) is 10.1 Å². The van der Waals surface area contributed by atoms with E-state index in [9.17, 15) is 4.79 Å². The number of amides is 1. The highest BCUT2D eigenvalue weighted by molar-refractivity contribution is 6.53. The largest absolute Gasteiger partial charge is 0.491 e. The Bertz CT molecular complexity index is 597. The molecule has 0 heterocycles. The first-order chi connectivity index (χ1) is 10.2. The summed E-state index contributed by atoms with van der Waals surface area (Å²) >= 11 is 12.0. The number of carbonyl (C=O) groups excluding carboxylic acids is 1. The molecule has 0 radical (unpaired) electrons. The van der Waals surface area contributed by atoms with E-state index >= 15 is 0 Å². The number of rotatable bonds is 5. The van der Waals surface area contributed by atoms with Crippen LogP contribution in [0.5, 0.6) is 5.75 Å². The molecule has 0 aliphatic heterocycles. The van der Waals surface area contributed by atoms with Crippen LogP contribution in [0.25, 0.3) is 0 Å². The summed E-state index contributed by atoms with van der Waals surface area (Å²) in [6.07, 6.45) is 0.565. The van der Waals surface area contributed by atoms with Crippen molar-refractivity contribution in [2.45, 2.75) is 44.6 Å². The van der Waals surface area contributed by atoms with Crippen LogP contribution in [0, 0.1) is 5.41 Å². The topological polar surface area (TPSA) is 50.7 Å². The van der Waals surface area contributed by atoms with Crippen LogP contribution in [-0.2, 0) is 4.79 Å². The third-order valence-corrected chi connectivity index (χ3v) is 4.83. The molecular formula is C16H20Cl2N2O2. The van der Waals surface area contributed by atoms with Gasteiger partial charge in [-0.25, -0.2) is 5.43 Å². The summed E-state index contributed by atoms with van der Waals surface area (Å²) in [7, 11) is 0. The number of hydrogen-bond donors (Lipinski definition) is 1. The second-order valence-corrected chi connectivity index (χ2v) is 7.53. The SMILES string of the molecule is C/C(=N/NC(=O)[C@@]1(C)CC1(Cl)Cl)c1ccc(OC(C)C)cc1. The molecule has 0 bridgehead atoms. The molecule has 1 aliphatic carbocycles. The molecule has 6 heteroatoms. The minimum Gasteiger partial charge on any atom is -0.491 e. The number of hydrazone groups is 1. The summed E-state index contributed by atoms with van der Waals surface area (Å²) < 4.78 is 4.59. The van der Waals surface area contributed by atoms with Crippen LogP contribution in [0.15, 0.2) is 29.4 Å². The highest BCUT2D eigenvalue weighted by Gasteiger charge is 2.68. The van der Waals surface area contributed by atoms with Crippen LogP contribution in [0.2, 0.25) is 0 Å². The van der Waals surface area contributed by atoms with Crippen molar-refractivity contribution in [1.29, 1.82) is 0 Å². The van der Waals surface area contributed by atoms with Gasteiger partial charge in [-0.1, -0.05) is 0 Å². The Labute approximate surface area is 140 Å².